The average molecular weight is 645 g/mol. The Bertz CT molecular complexity index is 1680. The SMILES string of the molecule is C.Cn1cc(NC(=O)c2ccccc2-c2ccc(C(F)(F)F)cc2)cc1C(=O)NCc1ccc(N2CCC3(CCCCC3)CC2)cc1. The molecule has 0 unspecified atom stereocenters. The van der Waals surface area contributed by atoms with Crippen LogP contribution in [0.3, 0.4) is 0 Å². The van der Waals surface area contributed by atoms with Gasteiger partial charge in [0.15, 0.2) is 0 Å². The van der Waals surface area contributed by atoms with Crippen LogP contribution in [0.25, 0.3) is 11.1 Å². The third-order valence-corrected chi connectivity index (χ3v) is 9.68. The fourth-order valence-electron chi connectivity index (χ4n) is 6.97. The second-order valence-electron chi connectivity index (χ2n) is 12.7. The van der Waals surface area contributed by atoms with E-state index < -0.39 is 17.6 Å². The molecule has 1 saturated carbocycles. The van der Waals surface area contributed by atoms with Crippen LogP contribution in [-0.4, -0.2) is 29.5 Å². The number of hydrogen-bond acceptors (Lipinski definition) is 3. The number of aromatic nitrogens is 1. The molecule has 1 saturated heterocycles. The van der Waals surface area contributed by atoms with Gasteiger partial charge in [-0.2, -0.15) is 13.2 Å². The van der Waals surface area contributed by atoms with Gasteiger partial charge in [-0.3, -0.25) is 9.59 Å². The molecule has 1 aliphatic heterocycles. The summed E-state index contributed by atoms with van der Waals surface area (Å²) in [5.41, 5.74) is 4.15. The highest BCUT2D eigenvalue weighted by Gasteiger charge is 2.35. The van der Waals surface area contributed by atoms with Crippen molar-refractivity contribution in [1.29, 1.82) is 0 Å². The summed E-state index contributed by atoms with van der Waals surface area (Å²) in [5.74, 6) is -0.707. The first-order chi connectivity index (χ1) is 22.1. The summed E-state index contributed by atoms with van der Waals surface area (Å²) < 4.78 is 40.7. The summed E-state index contributed by atoms with van der Waals surface area (Å²) in [4.78, 5) is 28.8. The molecule has 248 valence electrons. The highest BCUT2D eigenvalue weighted by molar-refractivity contribution is 6.09. The summed E-state index contributed by atoms with van der Waals surface area (Å²) >= 11 is 0. The molecule has 9 heteroatoms. The molecule has 4 aromatic rings. The molecule has 0 atom stereocenters. The first-order valence-electron chi connectivity index (χ1n) is 16.0. The molecule has 3 aromatic carbocycles. The largest absolute Gasteiger partial charge is 0.416 e. The molecule has 2 amide bonds. The molecule has 0 bridgehead atoms. The van der Waals surface area contributed by atoms with Gasteiger partial charge in [0.25, 0.3) is 11.8 Å². The monoisotopic (exact) mass is 644 g/mol. The summed E-state index contributed by atoms with van der Waals surface area (Å²) in [6.45, 7) is 2.57. The van der Waals surface area contributed by atoms with E-state index in [9.17, 15) is 22.8 Å². The van der Waals surface area contributed by atoms with Crippen molar-refractivity contribution in [3.8, 4) is 11.1 Å². The van der Waals surface area contributed by atoms with E-state index in [0.29, 0.717) is 40.0 Å². The molecule has 1 aromatic heterocycles. The quantitative estimate of drug-likeness (QED) is 0.211. The average Bonchev–Trinajstić information content (AvgIpc) is 3.44. The van der Waals surface area contributed by atoms with Gasteiger partial charge in [0.2, 0.25) is 0 Å². The van der Waals surface area contributed by atoms with Crippen molar-refractivity contribution >= 4 is 23.2 Å². The van der Waals surface area contributed by atoms with E-state index in [4.69, 9.17) is 0 Å². The third-order valence-electron chi connectivity index (χ3n) is 9.68. The number of alkyl halides is 3. The molecule has 6 nitrogen and oxygen atoms in total. The fraction of sp³-hybridized carbons (Fsp3) is 0.368. The van der Waals surface area contributed by atoms with Gasteiger partial charge < -0.3 is 20.1 Å². The first kappa shape index (κ1) is 33.8. The second-order valence-corrected chi connectivity index (χ2v) is 12.7. The Morgan fingerprint density at radius 1 is 0.830 bits per heavy atom. The lowest BCUT2D eigenvalue weighted by atomic mass is 9.68. The van der Waals surface area contributed by atoms with Crippen LogP contribution in [0, 0.1) is 5.41 Å². The normalized spacial score (nSPS) is 16.0. The van der Waals surface area contributed by atoms with Gasteiger partial charge >= 0.3 is 6.18 Å². The Balaban J connectivity index is 0.00000433. The Morgan fingerprint density at radius 3 is 2.15 bits per heavy atom. The maximum Gasteiger partial charge on any atom is 0.416 e. The highest BCUT2D eigenvalue weighted by Crippen LogP contribution is 2.45. The number of benzene rings is 3. The van der Waals surface area contributed by atoms with E-state index >= 15 is 0 Å². The van der Waals surface area contributed by atoms with E-state index in [1.807, 2.05) is 0 Å². The molecule has 6 rings (SSSR count). The molecule has 2 fully saturated rings. The van der Waals surface area contributed by atoms with Gasteiger partial charge in [-0.25, -0.2) is 0 Å². The van der Waals surface area contributed by atoms with Crippen LogP contribution in [0.5, 0.6) is 0 Å². The lowest BCUT2D eigenvalue weighted by Gasteiger charge is -2.45. The van der Waals surface area contributed by atoms with Crippen LogP contribution in [0.15, 0.2) is 85.1 Å². The number of carbonyl (C=O) groups excluding carboxylic acids is 2. The lowest BCUT2D eigenvalue weighted by molar-refractivity contribution is -0.137. The Hall–Kier alpha value is -4.53. The molecule has 2 aliphatic rings. The minimum atomic E-state index is -4.44. The maximum atomic E-state index is 13.3. The number of rotatable bonds is 7. The van der Waals surface area contributed by atoms with Crippen LogP contribution in [0.4, 0.5) is 24.5 Å². The molecule has 0 radical (unpaired) electrons. The Kier molecular flexibility index (Phi) is 10.1. The number of aryl methyl sites for hydroxylation is 1. The van der Waals surface area contributed by atoms with E-state index in [1.54, 1.807) is 48.1 Å². The van der Waals surface area contributed by atoms with Crippen molar-refractivity contribution in [3.63, 3.8) is 0 Å². The van der Waals surface area contributed by atoms with Gasteiger partial charge in [0.1, 0.15) is 5.69 Å². The van der Waals surface area contributed by atoms with E-state index in [1.165, 1.54) is 62.8 Å². The highest BCUT2D eigenvalue weighted by atomic mass is 19.4. The van der Waals surface area contributed by atoms with Gasteiger partial charge in [0, 0.05) is 44.1 Å². The van der Waals surface area contributed by atoms with Crippen LogP contribution in [-0.2, 0) is 19.8 Å². The number of anilines is 2. The molecular weight excluding hydrogens is 601 g/mol. The van der Waals surface area contributed by atoms with E-state index in [0.717, 1.165) is 30.8 Å². The first-order valence-corrected chi connectivity index (χ1v) is 16.0. The Morgan fingerprint density at radius 2 is 1.49 bits per heavy atom. The smallest absolute Gasteiger partial charge is 0.371 e. The number of halogens is 3. The summed E-state index contributed by atoms with van der Waals surface area (Å²) in [7, 11) is 1.73. The standard InChI is InChI=1S/C37H39F3N4O2.CH4/c1-43-25-29(42-34(45)32-8-4-3-7-31(32)27-11-13-28(14-12-27)37(38,39)40)23-33(43)35(46)41-24-26-9-15-30(16-10-26)44-21-19-36(20-22-44)17-5-2-6-18-36;/h3-4,7-16,23,25H,2,5-6,17-22,24H2,1H3,(H,41,46)(H,42,45);1H4. The van der Waals surface area contributed by atoms with Crippen molar-refractivity contribution in [2.24, 2.45) is 12.5 Å². The number of nitrogens with one attached hydrogen (secondary N) is 2. The summed E-state index contributed by atoms with van der Waals surface area (Å²) in [5, 5.41) is 5.80. The maximum absolute atomic E-state index is 13.3. The van der Waals surface area contributed by atoms with Crippen molar-refractivity contribution in [2.75, 3.05) is 23.3 Å². The molecule has 1 aliphatic carbocycles. The van der Waals surface area contributed by atoms with Gasteiger partial charge in [0.05, 0.1) is 11.3 Å². The van der Waals surface area contributed by atoms with Gasteiger partial charge in [-0.1, -0.05) is 69.2 Å². The van der Waals surface area contributed by atoms with Crippen LogP contribution >= 0.6 is 0 Å². The molecule has 2 N–H and O–H groups in total. The number of amides is 2. The zero-order chi connectivity index (χ0) is 32.3. The molecule has 2 heterocycles. The van der Waals surface area contributed by atoms with Crippen LogP contribution < -0.4 is 15.5 Å². The van der Waals surface area contributed by atoms with E-state index in [2.05, 4.69) is 39.8 Å². The minimum absolute atomic E-state index is 0. The lowest BCUT2D eigenvalue weighted by Crippen LogP contribution is -2.41. The van der Waals surface area contributed by atoms with Crippen molar-refractivity contribution in [2.45, 2.75) is 65.1 Å². The van der Waals surface area contributed by atoms with Crippen molar-refractivity contribution in [1.82, 2.24) is 9.88 Å². The molecule has 47 heavy (non-hydrogen) atoms. The van der Waals surface area contributed by atoms with Crippen LogP contribution in [0.1, 0.15) is 84.3 Å². The minimum Gasteiger partial charge on any atom is -0.371 e. The third kappa shape index (κ3) is 7.72. The predicted molar refractivity (Wildman–Crippen MR) is 182 cm³/mol. The second kappa shape index (κ2) is 14.1. The zero-order valence-electron chi connectivity index (χ0n) is 26.0. The number of nitrogens with zero attached hydrogens (tertiary/aromatic N) is 2. The Labute approximate surface area is 275 Å². The topological polar surface area (TPSA) is 66.4 Å². The van der Waals surface area contributed by atoms with Gasteiger partial charge in [-0.05, 0) is 84.2 Å². The summed E-state index contributed by atoms with van der Waals surface area (Å²) in [6.07, 6.45) is 6.66. The fourth-order valence-corrected chi connectivity index (χ4v) is 6.97. The predicted octanol–water partition coefficient (Wildman–Crippen LogP) is 9.08. The van der Waals surface area contributed by atoms with Crippen molar-refractivity contribution < 1.29 is 22.8 Å². The van der Waals surface area contributed by atoms with E-state index in [-0.39, 0.29) is 13.3 Å². The zero-order valence-corrected chi connectivity index (χ0v) is 26.0. The number of hydrogen-bond donors (Lipinski definition) is 2. The molecule has 1 spiro atoms. The summed E-state index contributed by atoms with van der Waals surface area (Å²) in [6, 6.07) is 21.4. The van der Waals surface area contributed by atoms with Crippen molar-refractivity contribution in [3.05, 3.63) is 107 Å². The van der Waals surface area contributed by atoms with Crippen LogP contribution in [0.2, 0.25) is 0 Å². The molecular formula is C38H43F3N4O2. The number of carbonyl (C=O) groups is 2. The number of piperidine rings is 1. The van der Waals surface area contributed by atoms with Gasteiger partial charge in [-0.15, -0.1) is 0 Å².